The first-order valence-electron chi connectivity index (χ1n) is 3.40. The minimum atomic E-state index is -0.222. The Balaban J connectivity index is 0. The maximum atomic E-state index is 9.02. The van der Waals surface area contributed by atoms with Crippen LogP contribution in [0.4, 0.5) is 0 Å². The fraction of sp³-hybridized carbons (Fsp3) is 0.200. The van der Waals surface area contributed by atoms with E-state index >= 15 is 0 Å². The molecule has 0 heterocycles. The molecule has 2 nitrogen and oxygen atoms in total. The zero-order valence-corrected chi connectivity index (χ0v) is 8.79. The molecule has 0 saturated carbocycles. The van der Waals surface area contributed by atoms with Gasteiger partial charge in [-0.25, -0.2) is 12.1 Å². The van der Waals surface area contributed by atoms with Crippen LogP contribution in [0.3, 0.4) is 0 Å². The largest absolute Gasteiger partial charge is 0.358 e. The smallest absolute Gasteiger partial charge is 0.358 e. The molecule has 3 heteroatoms. The second-order valence-electron chi connectivity index (χ2n) is 1.88. The summed E-state index contributed by atoms with van der Waals surface area (Å²) in [4.78, 5) is 20.7. The Morgan fingerprint density at radius 2 is 1.69 bits per heavy atom. The molecule has 1 aromatic rings. The van der Waals surface area contributed by atoms with E-state index in [2.05, 4.69) is 31.2 Å². The SMILES string of the molecule is CC[c-]1cccc1.O=[C]=[Fe]=[C]=O.[CH3-]. The molecule has 0 aromatic heterocycles. The summed E-state index contributed by atoms with van der Waals surface area (Å²) >= 11 is -0.222. The summed E-state index contributed by atoms with van der Waals surface area (Å²) in [5.41, 5.74) is 1.43. The van der Waals surface area contributed by atoms with E-state index in [1.54, 1.807) is 0 Å². The van der Waals surface area contributed by atoms with E-state index in [0.717, 1.165) is 6.42 Å². The van der Waals surface area contributed by atoms with Crippen LogP contribution in [0.5, 0.6) is 0 Å². The summed E-state index contributed by atoms with van der Waals surface area (Å²) in [6, 6.07) is 8.41. The topological polar surface area (TPSA) is 34.1 Å². The van der Waals surface area contributed by atoms with E-state index in [-0.39, 0.29) is 21.5 Å². The van der Waals surface area contributed by atoms with E-state index in [0.29, 0.717) is 0 Å². The first kappa shape index (κ1) is 14.5. The summed E-state index contributed by atoms with van der Waals surface area (Å²) < 4.78 is 0. The second kappa shape index (κ2) is 11.0. The van der Waals surface area contributed by atoms with Crippen molar-refractivity contribution < 1.29 is 23.7 Å². The number of carbonyl (C=O) groups excluding carboxylic acids is 2. The molecule has 0 unspecified atom stereocenters. The van der Waals surface area contributed by atoms with Crippen LogP contribution in [0.2, 0.25) is 0 Å². The van der Waals surface area contributed by atoms with Crippen molar-refractivity contribution in [3.8, 4) is 0 Å². The molecule has 13 heavy (non-hydrogen) atoms. The third-order valence-electron chi connectivity index (χ3n) is 1.21. The van der Waals surface area contributed by atoms with Crippen LogP contribution in [0.1, 0.15) is 12.5 Å². The van der Waals surface area contributed by atoms with Gasteiger partial charge in [-0.3, -0.25) is 0 Å². The summed E-state index contributed by atoms with van der Waals surface area (Å²) in [5.74, 6) is 0. The molecular weight excluding hydrogens is 208 g/mol. The first-order valence-corrected chi connectivity index (χ1v) is 4.50. The van der Waals surface area contributed by atoms with Gasteiger partial charge in [-0.2, -0.15) is 17.7 Å². The van der Waals surface area contributed by atoms with Gasteiger partial charge in [0, 0.05) is 0 Å². The molecule has 0 N–H and O–H groups in total. The van der Waals surface area contributed by atoms with Crippen LogP contribution in [0, 0.1) is 7.43 Å². The zero-order valence-electron chi connectivity index (χ0n) is 7.69. The van der Waals surface area contributed by atoms with Gasteiger partial charge in [0.15, 0.2) is 0 Å². The van der Waals surface area contributed by atoms with Crippen LogP contribution in [0.25, 0.3) is 0 Å². The number of aryl methyl sites for hydroxylation is 1. The van der Waals surface area contributed by atoms with Crippen LogP contribution >= 0.6 is 0 Å². The second-order valence-corrected chi connectivity index (χ2v) is 2.61. The molecule has 1 rings (SSSR count). The maximum absolute atomic E-state index is 9.02. The van der Waals surface area contributed by atoms with Gasteiger partial charge in [0.1, 0.15) is 0 Å². The van der Waals surface area contributed by atoms with Crippen molar-refractivity contribution in [2.45, 2.75) is 13.3 Å². The zero-order chi connectivity index (χ0) is 9.23. The van der Waals surface area contributed by atoms with Crippen molar-refractivity contribution in [2.75, 3.05) is 0 Å². The molecule has 0 radical (unpaired) electrons. The molecule has 0 fully saturated rings. The van der Waals surface area contributed by atoms with Gasteiger partial charge in [-0.05, 0) is 0 Å². The van der Waals surface area contributed by atoms with Crippen LogP contribution in [-0.4, -0.2) is 9.57 Å². The fourth-order valence-electron chi connectivity index (χ4n) is 0.664. The van der Waals surface area contributed by atoms with Gasteiger partial charge in [-0.15, -0.1) is 0 Å². The molecule has 0 atom stereocenters. The van der Waals surface area contributed by atoms with Crippen molar-refractivity contribution >= 4 is 9.57 Å². The van der Waals surface area contributed by atoms with Gasteiger partial charge in [-0.1, -0.05) is 13.3 Å². The molecule has 0 aliphatic rings. The standard InChI is InChI=1S/C7H9.2CO.CH3.Fe/c1-2-7-5-3-4-6-7;2*1-2;;/h3-6H,2H2,1H3;;;1H3;/q-1;;;-1;. The summed E-state index contributed by atoms with van der Waals surface area (Å²) in [6.07, 6.45) is 1.16. The van der Waals surface area contributed by atoms with Gasteiger partial charge < -0.3 is 7.43 Å². The van der Waals surface area contributed by atoms with Crippen molar-refractivity contribution in [2.24, 2.45) is 0 Å². The van der Waals surface area contributed by atoms with E-state index in [4.69, 9.17) is 9.59 Å². The predicted octanol–water partition coefficient (Wildman–Crippen LogP) is 1.62. The van der Waals surface area contributed by atoms with Crippen molar-refractivity contribution in [3.05, 3.63) is 37.3 Å². The van der Waals surface area contributed by atoms with E-state index in [9.17, 15) is 0 Å². The van der Waals surface area contributed by atoms with E-state index in [1.165, 1.54) is 15.1 Å². The molecular formula is C10H12FeO2-2. The van der Waals surface area contributed by atoms with Crippen molar-refractivity contribution in [1.29, 1.82) is 0 Å². The predicted molar refractivity (Wildman–Crippen MR) is 49.2 cm³/mol. The molecule has 0 saturated heterocycles. The van der Waals surface area contributed by atoms with E-state index < -0.39 is 0 Å². The van der Waals surface area contributed by atoms with Gasteiger partial charge in [0.05, 0.1) is 0 Å². The Morgan fingerprint density at radius 1 is 1.23 bits per heavy atom. The summed E-state index contributed by atoms with van der Waals surface area (Å²) in [6.45, 7) is 2.16. The number of hydrogen-bond acceptors (Lipinski definition) is 2. The number of rotatable bonds is 1. The van der Waals surface area contributed by atoms with Crippen molar-refractivity contribution in [1.82, 2.24) is 0 Å². The molecule has 0 bridgehead atoms. The Morgan fingerprint density at radius 3 is 1.85 bits per heavy atom. The third kappa shape index (κ3) is 8.94. The average molecular weight is 220 g/mol. The molecule has 0 aliphatic heterocycles. The van der Waals surface area contributed by atoms with E-state index in [1.807, 2.05) is 0 Å². The number of hydrogen-bond donors (Lipinski definition) is 0. The van der Waals surface area contributed by atoms with Gasteiger partial charge in [0.25, 0.3) is 0 Å². The fourth-order valence-corrected chi connectivity index (χ4v) is 0.710. The quantitative estimate of drug-likeness (QED) is 0.532. The van der Waals surface area contributed by atoms with Crippen molar-refractivity contribution in [3.63, 3.8) is 0 Å². The Kier molecular flexibility index (Phi) is 12.3. The van der Waals surface area contributed by atoms with Crippen LogP contribution in [-0.2, 0) is 30.1 Å². The monoisotopic (exact) mass is 220 g/mol. The van der Waals surface area contributed by atoms with Crippen LogP contribution in [0.15, 0.2) is 24.3 Å². The Labute approximate surface area is 84.2 Å². The molecule has 0 amide bonds. The maximum Gasteiger partial charge on any atom is -0.358 e. The normalized spacial score (nSPS) is 6.85. The summed E-state index contributed by atoms with van der Waals surface area (Å²) in [7, 11) is 0. The van der Waals surface area contributed by atoms with Gasteiger partial charge >= 0.3 is 33.2 Å². The van der Waals surface area contributed by atoms with Gasteiger partial charge in [0.2, 0.25) is 0 Å². The summed E-state index contributed by atoms with van der Waals surface area (Å²) in [5, 5.41) is 0. The first-order chi connectivity index (χ1) is 5.85. The molecule has 1 aromatic carbocycles. The Hall–Kier alpha value is -0.971. The minimum Gasteiger partial charge on any atom is -0.358 e. The molecule has 74 valence electrons. The van der Waals surface area contributed by atoms with Crippen LogP contribution < -0.4 is 0 Å². The molecule has 0 spiro atoms. The molecule has 0 aliphatic carbocycles. The third-order valence-corrected chi connectivity index (χ3v) is 1.44. The Bertz CT molecular complexity index is 286. The average Bonchev–Trinajstić information content (AvgIpc) is 2.58. The minimum absolute atomic E-state index is 0.